The SMILES string of the molecule is CN1CCN2c3ccc(C=C4C(=O)N(C)C(=O)N(C)C4=O)cc3CC3(C(=O)N(C)C(=O)N(C)C3=O)[C@H]2C1. The number of benzene rings is 1. The predicted octanol–water partition coefficient (Wildman–Crippen LogP) is -0.166. The largest absolute Gasteiger partial charge is 0.364 e. The average molecular weight is 509 g/mol. The van der Waals surface area contributed by atoms with Crippen LogP contribution in [0.25, 0.3) is 6.08 Å². The number of carbonyl (C=O) groups excluding carboxylic acids is 6. The summed E-state index contributed by atoms with van der Waals surface area (Å²) >= 11 is 0. The van der Waals surface area contributed by atoms with Crippen LogP contribution < -0.4 is 4.90 Å². The van der Waals surface area contributed by atoms with E-state index in [1.807, 2.05) is 13.1 Å². The molecule has 1 aromatic rings. The molecule has 8 amide bonds. The lowest BCUT2D eigenvalue weighted by molar-refractivity contribution is -0.160. The zero-order chi connectivity index (χ0) is 27.0. The molecule has 1 spiro atoms. The van der Waals surface area contributed by atoms with Crippen LogP contribution in [0.3, 0.4) is 0 Å². The van der Waals surface area contributed by atoms with E-state index in [-0.39, 0.29) is 12.0 Å². The summed E-state index contributed by atoms with van der Waals surface area (Å²) in [5, 5.41) is 0. The van der Waals surface area contributed by atoms with Gasteiger partial charge in [0.25, 0.3) is 11.8 Å². The molecule has 4 heterocycles. The number of fused-ring (bicyclic) bond motifs is 4. The van der Waals surface area contributed by atoms with E-state index < -0.39 is 47.1 Å². The first-order chi connectivity index (χ1) is 17.4. The molecule has 194 valence electrons. The predicted molar refractivity (Wildman–Crippen MR) is 131 cm³/mol. The van der Waals surface area contributed by atoms with Crippen molar-refractivity contribution in [3.8, 4) is 0 Å². The normalized spacial score (nSPS) is 24.3. The molecule has 1 aromatic carbocycles. The Balaban J connectivity index is 1.63. The van der Waals surface area contributed by atoms with E-state index in [1.54, 1.807) is 12.1 Å². The lowest BCUT2D eigenvalue weighted by Gasteiger charge is -2.55. The summed E-state index contributed by atoms with van der Waals surface area (Å²) in [5.41, 5.74) is 0.403. The first-order valence-corrected chi connectivity index (χ1v) is 11.9. The van der Waals surface area contributed by atoms with Gasteiger partial charge in [0, 0.05) is 53.5 Å². The van der Waals surface area contributed by atoms with Gasteiger partial charge in [0.05, 0.1) is 6.04 Å². The second-order valence-electron chi connectivity index (χ2n) is 10.1. The lowest BCUT2D eigenvalue weighted by Crippen LogP contribution is -2.74. The van der Waals surface area contributed by atoms with Gasteiger partial charge in [0.1, 0.15) is 5.57 Å². The highest BCUT2D eigenvalue weighted by Gasteiger charge is 2.63. The molecule has 3 fully saturated rings. The van der Waals surface area contributed by atoms with Crippen LogP contribution in [0.5, 0.6) is 0 Å². The molecule has 5 rings (SSSR count). The third-order valence-electron chi connectivity index (χ3n) is 7.94. The highest BCUT2D eigenvalue weighted by molar-refractivity contribution is 6.30. The Hall–Kier alpha value is -4.06. The lowest BCUT2D eigenvalue weighted by atomic mass is 9.67. The fraction of sp³-hybridized carbons (Fsp3) is 0.440. The summed E-state index contributed by atoms with van der Waals surface area (Å²) in [7, 11) is 7.32. The monoisotopic (exact) mass is 508 g/mol. The molecule has 0 aromatic heterocycles. The van der Waals surface area contributed by atoms with E-state index >= 15 is 0 Å². The molecule has 0 unspecified atom stereocenters. The number of anilines is 1. The van der Waals surface area contributed by atoms with E-state index in [0.717, 1.165) is 31.8 Å². The highest BCUT2D eigenvalue weighted by atomic mass is 16.2. The number of hydrogen-bond donors (Lipinski definition) is 0. The topological polar surface area (TPSA) is 122 Å². The highest BCUT2D eigenvalue weighted by Crippen LogP contribution is 2.47. The minimum atomic E-state index is -1.51. The van der Waals surface area contributed by atoms with Crippen LogP contribution in [-0.4, -0.2) is 121 Å². The van der Waals surface area contributed by atoms with Gasteiger partial charge in [-0.25, -0.2) is 9.59 Å². The minimum absolute atomic E-state index is 0.0637. The Labute approximate surface area is 213 Å². The Morgan fingerprint density at radius 3 is 1.95 bits per heavy atom. The number of barbiturate groups is 2. The Bertz CT molecular complexity index is 1270. The molecule has 0 N–H and O–H groups in total. The van der Waals surface area contributed by atoms with E-state index in [4.69, 9.17) is 0 Å². The van der Waals surface area contributed by atoms with Crippen molar-refractivity contribution in [3.05, 3.63) is 34.9 Å². The van der Waals surface area contributed by atoms with Gasteiger partial charge in [-0.15, -0.1) is 0 Å². The van der Waals surface area contributed by atoms with Gasteiger partial charge in [0.2, 0.25) is 11.8 Å². The fourth-order valence-electron chi connectivity index (χ4n) is 5.83. The third kappa shape index (κ3) is 3.31. The van der Waals surface area contributed by atoms with Crippen LogP contribution in [0.2, 0.25) is 0 Å². The minimum Gasteiger partial charge on any atom is -0.364 e. The van der Waals surface area contributed by atoms with Crippen molar-refractivity contribution in [2.24, 2.45) is 5.41 Å². The molecule has 0 saturated carbocycles. The van der Waals surface area contributed by atoms with Gasteiger partial charge in [-0.1, -0.05) is 6.07 Å². The van der Waals surface area contributed by atoms with Crippen molar-refractivity contribution in [2.75, 3.05) is 59.8 Å². The van der Waals surface area contributed by atoms with Crippen LogP contribution in [0, 0.1) is 5.41 Å². The van der Waals surface area contributed by atoms with Gasteiger partial charge in [-0.3, -0.25) is 38.8 Å². The summed E-state index contributed by atoms with van der Waals surface area (Å²) in [6, 6.07) is 3.53. The van der Waals surface area contributed by atoms with Crippen LogP contribution in [0.4, 0.5) is 15.3 Å². The van der Waals surface area contributed by atoms with Gasteiger partial charge in [-0.05, 0) is 42.8 Å². The molecular weight excluding hydrogens is 480 g/mol. The van der Waals surface area contributed by atoms with Gasteiger partial charge >= 0.3 is 12.1 Å². The van der Waals surface area contributed by atoms with E-state index in [9.17, 15) is 28.8 Å². The number of carbonyl (C=O) groups is 6. The van der Waals surface area contributed by atoms with Crippen LogP contribution in [0.15, 0.2) is 23.8 Å². The number of imide groups is 4. The van der Waals surface area contributed by atoms with Gasteiger partial charge in [-0.2, -0.15) is 0 Å². The van der Waals surface area contributed by atoms with E-state index in [2.05, 4.69) is 9.80 Å². The molecule has 4 aliphatic rings. The summed E-state index contributed by atoms with van der Waals surface area (Å²) in [6.45, 7) is 1.77. The molecule has 1 atom stereocenters. The molecule has 12 nitrogen and oxygen atoms in total. The molecular formula is C25H28N6O6. The van der Waals surface area contributed by atoms with E-state index in [1.165, 1.54) is 34.3 Å². The van der Waals surface area contributed by atoms with Crippen LogP contribution in [0.1, 0.15) is 11.1 Å². The van der Waals surface area contributed by atoms with Crippen molar-refractivity contribution in [2.45, 2.75) is 12.5 Å². The fourth-order valence-corrected chi connectivity index (χ4v) is 5.83. The number of rotatable bonds is 1. The quantitative estimate of drug-likeness (QED) is 0.291. The maximum atomic E-state index is 13.7. The van der Waals surface area contributed by atoms with Crippen molar-refractivity contribution in [1.82, 2.24) is 24.5 Å². The number of hydrogen-bond acceptors (Lipinski definition) is 8. The van der Waals surface area contributed by atoms with Crippen molar-refractivity contribution < 1.29 is 28.8 Å². The van der Waals surface area contributed by atoms with E-state index in [0.29, 0.717) is 24.2 Å². The Morgan fingerprint density at radius 1 is 0.784 bits per heavy atom. The first kappa shape index (κ1) is 24.6. The van der Waals surface area contributed by atoms with Gasteiger partial charge in [0.15, 0.2) is 5.41 Å². The number of piperazine rings is 1. The summed E-state index contributed by atoms with van der Waals surface area (Å²) < 4.78 is 0. The number of urea groups is 2. The van der Waals surface area contributed by atoms with Crippen molar-refractivity contribution in [1.29, 1.82) is 0 Å². The maximum absolute atomic E-state index is 13.7. The Morgan fingerprint density at radius 2 is 1.35 bits per heavy atom. The molecule has 4 aliphatic heterocycles. The zero-order valence-corrected chi connectivity index (χ0v) is 21.3. The molecule has 0 aliphatic carbocycles. The molecule has 0 bridgehead atoms. The van der Waals surface area contributed by atoms with Crippen LogP contribution >= 0.6 is 0 Å². The summed E-state index contributed by atoms with van der Waals surface area (Å²) in [6.07, 6.45) is 1.48. The second-order valence-corrected chi connectivity index (χ2v) is 10.1. The number of nitrogens with zero attached hydrogens (tertiary/aromatic N) is 6. The van der Waals surface area contributed by atoms with Crippen molar-refractivity contribution >= 4 is 47.5 Å². The molecule has 3 saturated heterocycles. The smallest absolute Gasteiger partial charge is 0.333 e. The standard InChI is InChI=1S/C25H28N6O6/c1-26-8-9-31-17-7-6-14(11-16-19(32)27(2)23(36)28(3)20(16)33)10-15(17)12-25(18(31)13-26)21(34)29(4)24(37)30(5)22(25)35/h6-7,10-11,18H,8-9,12-13H2,1-5H3/t18-/m1/s1. The van der Waals surface area contributed by atoms with Gasteiger partial charge < -0.3 is 9.80 Å². The van der Waals surface area contributed by atoms with Crippen molar-refractivity contribution in [3.63, 3.8) is 0 Å². The summed E-state index contributed by atoms with van der Waals surface area (Å²) in [4.78, 5) is 85.3. The first-order valence-electron chi connectivity index (χ1n) is 11.9. The third-order valence-corrected chi connectivity index (χ3v) is 7.94. The molecule has 12 heteroatoms. The zero-order valence-electron chi connectivity index (χ0n) is 21.3. The number of likely N-dealkylation sites (N-methyl/N-ethyl adjacent to an activating group) is 3. The summed E-state index contributed by atoms with van der Waals surface area (Å²) in [5.74, 6) is -2.50. The molecule has 37 heavy (non-hydrogen) atoms. The second kappa shape index (κ2) is 8.23. The average Bonchev–Trinajstić information content (AvgIpc) is 2.89. The number of amides is 8. The maximum Gasteiger partial charge on any atom is 0.333 e. The Kier molecular flexibility index (Phi) is 5.48. The molecule has 0 radical (unpaired) electrons. The van der Waals surface area contributed by atoms with Crippen LogP contribution in [-0.2, 0) is 25.6 Å².